The second-order valence-corrected chi connectivity index (χ2v) is 7.41. The van der Waals surface area contributed by atoms with Crippen LogP contribution in [0.5, 0.6) is 0 Å². The summed E-state index contributed by atoms with van der Waals surface area (Å²) in [6, 6.07) is 9.01. The minimum Gasteiger partial charge on any atom is -0.355 e. The highest BCUT2D eigenvalue weighted by Gasteiger charge is 2.15. The van der Waals surface area contributed by atoms with Gasteiger partial charge in [-0.05, 0) is 55.7 Å². The third-order valence-electron chi connectivity index (χ3n) is 4.00. The molecule has 132 valence electrons. The SMILES string of the molecule is NS(=O)(=O)c1ccc(NC(=O)c2ccc(N3CCCCC3)nn2)cc1. The van der Waals surface area contributed by atoms with Crippen LogP contribution >= 0.6 is 0 Å². The van der Waals surface area contributed by atoms with Crippen LogP contribution in [0.4, 0.5) is 11.5 Å². The molecule has 0 bridgehead atoms. The fourth-order valence-corrected chi connectivity index (χ4v) is 3.18. The van der Waals surface area contributed by atoms with Crippen molar-refractivity contribution in [2.45, 2.75) is 24.2 Å². The predicted molar refractivity (Wildman–Crippen MR) is 93.9 cm³/mol. The molecule has 0 saturated carbocycles. The molecule has 3 rings (SSSR count). The van der Waals surface area contributed by atoms with Gasteiger partial charge >= 0.3 is 0 Å². The average molecular weight is 361 g/mol. The molecule has 0 unspecified atom stereocenters. The number of sulfonamides is 1. The number of piperidine rings is 1. The lowest BCUT2D eigenvalue weighted by Gasteiger charge is -2.27. The minimum absolute atomic E-state index is 0.0174. The molecule has 25 heavy (non-hydrogen) atoms. The van der Waals surface area contributed by atoms with E-state index in [2.05, 4.69) is 20.4 Å². The molecule has 0 radical (unpaired) electrons. The maximum absolute atomic E-state index is 12.2. The first-order valence-corrected chi connectivity index (χ1v) is 9.51. The Labute approximate surface area is 146 Å². The number of anilines is 2. The van der Waals surface area contributed by atoms with Gasteiger partial charge in [0.25, 0.3) is 5.91 Å². The average Bonchev–Trinajstić information content (AvgIpc) is 2.62. The maximum atomic E-state index is 12.2. The smallest absolute Gasteiger partial charge is 0.276 e. The molecule has 0 atom stereocenters. The van der Waals surface area contributed by atoms with Crippen molar-refractivity contribution in [3.05, 3.63) is 42.1 Å². The second kappa shape index (κ2) is 7.16. The quantitative estimate of drug-likeness (QED) is 0.849. The highest BCUT2D eigenvalue weighted by molar-refractivity contribution is 7.89. The van der Waals surface area contributed by atoms with Crippen LogP contribution < -0.4 is 15.4 Å². The third kappa shape index (κ3) is 4.31. The number of hydrogen-bond donors (Lipinski definition) is 2. The van der Waals surface area contributed by atoms with E-state index < -0.39 is 15.9 Å². The molecule has 0 aliphatic carbocycles. The number of carbonyl (C=O) groups is 1. The van der Waals surface area contributed by atoms with E-state index in [0.717, 1.165) is 31.7 Å². The van der Waals surface area contributed by atoms with Gasteiger partial charge in [-0.3, -0.25) is 4.79 Å². The van der Waals surface area contributed by atoms with Crippen LogP contribution in [-0.4, -0.2) is 37.6 Å². The summed E-state index contributed by atoms with van der Waals surface area (Å²) in [5.74, 6) is 0.356. The molecule has 1 amide bonds. The van der Waals surface area contributed by atoms with Gasteiger partial charge < -0.3 is 10.2 Å². The van der Waals surface area contributed by atoms with E-state index >= 15 is 0 Å². The Morgan fingerprint density at radius 3 is 2.24 bits per heavy atom. The van der Waals surface area contributed by atoms with Gasteiger partial charge in [-0.2, -0.15) is 0 Å². The Balaban J connectivity index is 1.66. The maximum Gasteiger partial charge on any atom is 0.276 e. The normalized spacial score (nSPS) is 15.0. The number of amides is 1. The predicted octanol–water partition coefficient (Wildman–Crippen LogP) is 1.37. The highest BCUT2D eigenvalue weighted by Crippen LogP contribution is 2.17. The molecule has 1 aromatic heterocycles. The van der Waals surface area contributed by atoms with Gasteiger partial charge in [0.15, 0.2) is 11.5 Å². The molecular formula is C16H19N5O3S. The van der Waals surface area contributed by atoms with Gasteiger partial charge in [-0.15, -0.1) is 10.2 Å². The lowest BCUT2D eigenvalue weighted by molar-refractivity contribution is 0.102. The van der Waals surface area contributed by atoms with E-state index in [1.165, 1.54) is 30.7 Å². The van der Waals surface area contributed by atoms with E-state index in [1.54, 1.807) is 12.1 Å². The first-order valence-electron chi connectivity index (χ1n) is 7.96. The number of nitrogens with two attached hydrogens (primary N) is 1. The Kier molecular flexibility index (Phi) is 4.95. The third-order valence-corrected chi connectivity index (χ3v) is 4.93. The van der Waals surface area contributed by atoms with Crippen LogP contribution in [-0.2, 0) is 10.0 Å². The summed E-state index contributed by atoms with van der Waals surface area (Å²) in [5.41, 5.74) is 0.635. The van der Waals surface area contributed by atoms with E-state index in [9.17, 15) is 13.2 Å². The van der Waals surface area contributed by atoms with Gasteiger partial charge in [0.05, 0.1) is 4.90 Å². The Hall–Kier alpha value is -2.52. The van der Waals surface area contributed by atoms with Crippen molar-refractivity contribution in [3.63, 3.8) is 0 Å². The van der Waals surface area contributed by atoms with Crippen LogP contribution in [0.25, 0.3) is 0 Å². The number of benzene rings is 1. The number of nitrogens with zero attached hydrogens (tertiary/aromatic N) is 3. The second-order valence-electron chi connectivity index (χ2n) is 5.85. The zero-order valence-electron chi connectivity index (χ0n) is 13.6. The molecular weight excluding hydrogens is 342 g/mol. The molecule has 1 saturated heterocycles. The van der Waals surface area contributed by atoms with Crippen LogP contribution in [0.3, 0.4) is 0 Å². The molecule has 2 heterocycles. The van der Waals surface area contributed by atoms with Crippen molar-refractivity contribution in [1.82, 2.24) is 10.2 Å². The van der Waals surface area contributed by atoms with E-state index in [1.807, 2.05) is 0 Å². The summed E-state index contributed by atoms with van der Waals surface area (Å²) >= 11 is 0. The number of aromatic nitrogens is 2. The Morgan fingerprint density at radius 2 is 1.68 bits per heavy atom. The van der Waals surface area contributed by atoms with Crippen LogP contribution in [0.15, 0.2) is 41.3 Å². The van der Waals surface area contributed by atoms with E-state index in [0.29, 0.717) is 5.69 Å². The fraction of sp³-hybridized carbons (Fsp3) is 0.312. The zero-order chi connectivity index (χ0) is 17.9. The van der Waals surface area contributed by atoms with Gasteiger partial charge in [-0.1, -0.05) is 0 Å². The molecule has 2 aromatic rings. The number of primary sulfonamides is 1. The number of carbonyl (C=O) groups excluding carboxylic acids is 1. The van der Waals surface area contributed by atoms with Gasteiger partial charge in [0.1, 0.15) is 0 Å². The van der Waals surface area contributed by atoms with Crippen molar-refractivity contribution in [2.75, 3.05) is 23.3 Å². The Morgan fingerprint density at radius 1 is 1.00 bits per heavy atom. The summed E-state index contributed by atoms with van der Waals surface area (Å²) in [4.78, 5) is 14.4. The van der Waals surface area contributed by atoms with Crippen molar-refractivity contribution in [2.24, 2.45) is 5.14 Å². The summed E-state index contributed by atoms with van der Waals surface area (Å²) < 4.78 is 22.4. The summed E-state index contributed by atoms with van der Waals surface area (Å²) in [6.07, 6.45) is 3.51. The van der Waals surface area contributed by atoms with Crippen LogP contribution in [0.2, 0.25) is 0 Å². The van der Waals surface area contributed by atoms with E-state index in [-0.39, 0.29) is 10.6 Å². The summed E-state index contributed by atoms with van der Waals surface area (Å²) in [6.45, 7) is 1.91. The number of hydrogen-bond acceptors (Lipinski definition) is 6. The first kappa shape index (κ1) is 17.3. The van der Waals surface area contributed by atoms with Crippen molar-refractivity contribution in [1.29, 1.82) is 0 Å². The van der Waals surface area contributed by atoms with Crippen molar-refractivity contribution in [3.8, 4) is 0 Å². The molecule has 9 heteroatoms. The highest BCUT2D eigenvalue weighted by atomic mass is 32.2. The number of nitrogens with one attached hydrogen (secondary N) is 1. The standard InChI is InChI=1S/C16H19N5O3S/c17-25(23,24)13-6-4-12(5-7-13)18-16(22)14-8-9-15(20-19-14)21-10-2-1-3-11-21/h4-9H,1-3,10-11H2,(H,18,22)(H2,17,23,24). The molecule has 3 N–H and O–H groups in total. The summed E-state index contributed by atoms with van der Waals surface area (Å²) in [7, 11) is -3.76. The monoisotopic (exact) mass is 361 g/mol. The first-order chi connectivity index (χ1) is 11.9. The molecule has 1 aliphatic heterocycles. The van der Waals surface area contributed by atoms with Gasteiger partial charge in [0.2, 0.25) is 10.0 Å². The lowest BCUT2D eigenvalue weighted by atomic mass is 10.1. The van der Waals surface area contributed by atoms with Crippen LogP contribution in [0, 0.1) is 0 Å². The topological polar surface area (TPSA) is 118 Å². The van der Waals surface area contributed by atoms with Crippen molar-refractivity contribution >= 4 is 27.4 Å². The molecule has 0 spiro atoms. The Bertz CT molecular complexity index is 844. The molecule has 1 aliphatic rings. The summed E-state index contributed by atoms with van der Waals surface area (Å²) in [5, 5.41) is 15.8. The minimum atomic E-state index is -3.76. The fourth-order valence-electron chi connectivity index (χ4n) is 2.66. The zero-order valence-corrected chi connectivity index (χ0v) is 14.4. The number of rotatable bonds is 4. The van der Waals surface area contributed by atoms with Gasteiger partial charge in [0, 0.05) is 18.8 Å². The molecule has 1 fully saturated rings. The van der Waals surface area contributed by atoms with E-state index in [4.69, 9.17) is 5.14 Å². The molecule has 1 aromatic carbocycles. The largest absolute Gasteiger partial charge is 0.355 e. The van der Waals surface area contributed by atoms with Crippen LogP contribution in [0.1, 0.15) is 29.8 Å². The van der Waals surface area contributed by atoms with Crippen molar-refractivity contribution < 1.29 is 13.2 Å². The lowest BCUT2D eigenvalue weighted by Crippen LogP contribution is -2.30. The van der Waals surface area contributed by atoms with Gasteiger partial charge in [-0.25, -0.2) is 13.6 Å². The molecule has 8 nitrogen and oxygen atoms in total.